The third-order valence-electron chi connectivity index (χ3n) is 2.89. The Morgan fingerprint density at radius 2 is 2.13 bits per heavy atom. The van der Waals surface area contributed by atoms with Crippen LogP contribution in [0.2, 0.25) is 0 Å². The van der Waals surface area contributed by atoms with Gasteiger partial charge >= 0.3 is 0 Å². The Kier molecular flexibility index (Phi) is 2.51. The molecule has 0 aliphatic heterocycles. The Morgan fingerprint density at radius 3 is 2.67 bits per heavy atom. The van der Waals surface area contributed by atoms with Gasteiger partial charge in [-0.15, -0.1) is 0 Å². The molecule has 1 aliphatic carbocycles. The van der Waals surface area contributed by atoms with Crippen molar-refractivity contribution in [2.45, 2.75) is 38.0 Å². The zero-order chi connectivity index (χ0) is 11.1. The lowest BCUT2D eigenvalue weighted by Crippen LogP contribution is -2.13. The van der Waals surface area contributed by atoms with E-state index in [0.717, 1.165) is 12.8 Å². The summed E-state index contributed by atoms with van der Waals surface area (Å²) in [4.78, 5) is 0. The Hall–Kier alpha value is -0.960. The van der Waals surface area contributed by atoms with E-state index in [1.165, 1.54) is 13.0 Å². The minimum atomic E-state index is -1.33. The Morgan fingerprint density at radius 1 is 1.47 bits per heavy atom. The lowest BCUT2D eigenvalue weighted by Gasteiger charge is -2.14. The van der Waals surface area contributed by atoms with Crippen molar-refractivity contribution in [2.75, 3.05) is 0 Å². The van der Waals surface area contributed by atoms with Gasteiger partial charge in [-0.1, -0.05) is 12.1 Å². The smallest absolute Gasteiger partial charge is 0.129 e. The van der Waals surface area contributed by atoms with Gasteiger partial charge in [0.1, 0.15) is 12.0 Å². The third-order valence-corrected chi connectivity index (χ3v) is 2.89. The van der Waals surface area contributed by atoms with Gasteiger partial charge in [-0.2, -0.15) is 0 Å². The summed E-state index contributed by atoms with van der Waals surface area (Å²) in [5.41, 5.74) is -0.0277. The van der Waals surface area contributed by atoms with E-state index in [0.29, 0.717) is 12.0 Å². The summed E-state index contributed by atoms with van der Waals surface area (Å²) in [7, 11) is 0. The molecule has 3 heteroatoms. The quantitative estimate of drug-likeness (QED) is 0.816. The van der Waals surface area contributed by atoms with Crippen LogP contribution in [0, 0.1) is 5.82 Å². The number of halogens is 2. The van der Waals surface area contributed by atoms with Crippen LogP contribution >= 0.6 is 0 Å². The fourth-order valence-electron chi connectivity index (χ4n) is 1.86. The molecule has 0 amide bonds. The van der Waals surface area contributed by atoms with E-state index in [1.54, 1.807) is 12.1 Å². The lowest BCUT2D eigenvalue weighted by atomic mass is 9.97. The van der Waals surface area contributed by atoms with Crippen molar-refractivity contribution in [2.24, 2.45) is 0 Å². The largest absolute Gasteiger partial charge is 0.390 e. The average molecular weight is 212 g/mol. The highest BCUT2D eigenvalue weighted by atomic mass is 19.1. The van der Waals surface area contributed by atoms with Gasteiger partial charge in [0.15, 0.2) is 0 Å². The fraction of sp³-hybridized carbons (Fsp3) is 0.500. The molecule has 1 nitrogen and oxygen atoms in total. The molecule has 0 heterocycles. The van der Waals surface area contributed by atoms with E-state index in [4.69, 9.17) is 0 Å². The molecule has 0 spiro atoms. The first-order valence-electron chi connectivity index (χ1n) is 5.16. The first-order valence-corrected chi connectivity index (χ1v) is 5.16. The summed E-state index contributed by atoms with van der Waals surface area (Å²) in [6, 6.07) is 4.50. The summed E-state index contributed by atoms with van der Waals surface area (Å²) in [6.07, 6.45) is 0.477. The minimum Gasteiger partial charge on any atom is -0.390 e. The summed E-state index contributed by atoms with van der Waals surface area (Å²) in [5, 5.41) is 9.73. The van der Waals surface area contributed by atoms with Crippen molar-refractivity contribution in [1.82, 2.24) is 0 Å². The maximum absolute atomic E-state index is 13.4. The van der Waals surface area contributed by atoms with E-state index >= 15 is 0 Å². The maximum Gasteiger partial charge on any atom is 0.129 e. The van der Waals surface area contributed by atoms with Crippen molar-refractivity contribution in [1.29, 1.82) is 0 Å². The molecule has 0 bridgehead atoms. The zero-order valence-corrected chi connectivity index (χ0v) is 8.63. The van der Waals surface area contributed by atoms with Crippen LogP contribution in [0.25, 0.3) is 0 Å². The van der Waals surface area contributed by atoms with Crippen molar-refractivity contribution in [3.8, 4) is 0 Å². The monoisotopic (exact) mass is 212 g/mol. The number of hydrogen-bond donors (Lipinski definition) is 1. The van der Waals surface area contributed by atoms with E-state index < -0.39 is 17.6 Å². The van der Waals surface area contributed by atoms with Crippen molar-refractivity contribution in [3.05, 3.63) is 35.1 Å². The molecule has 1 N–H and O–H groups in total. The third kappa shape index (κ3) is 2.17. The molecular formula is C12H14F2O. The number of hydrogen-bond acceptors (Lipinski definition) is 1. The Labute approximate surface area is 87.7 Å². The van der Waals surface area contributed by atoms with Gasteiger partial charge in [-0.3, -0.25) is 0 Å². The number of rotatable bonds is 3. The number of alkyl halides is 1. The van der Waals surface area contributed by atoms with Gasteiger partial charge in [0.25, 0.3) is 0 Å². The summed E-state index contributed by atoms with van der Waals surface area (Å²) < 4.78 is 26.6. The normalized spacial score (nSPS) is 20.0. The van der Waals surface area contributed by atoms with Crippen molar-refractivity contribution < 1.29 is 13.9 Å². The molecule has 1 saturated carbocycles. The van der Waals surface area contributed by atoms with Crippen LogP contribution < -0.4 is 0 Å². The van der Waals surface area contributed by atoms with Crippen LogP contribution in [0.3, 0.4) is 0 Å². The highest BCUT2D eigenvalue weighted by molar-refractivity contribution is 5.32. The van der Waals surface area contributed by atoms with Gasteiger partial charge in [0, 0.05) is 12.0 Å². The molecule has 1 aromatic carbocycles. The topological polar surface area (TPSA) is 20.2 Å². The standard InChI is InChI=1S/C12H14F2O/c1-8(13)11-9(3-2-4-10(11)14)7-12(15)5-6-12/h2-4,8,15H,5-7H2,1H3. The molecule has 0 aromatic heterocycles. The second-order valence-electron chi connectivity index (χ2n) is 4.33. The van der Waals surface area contributed by atoms with E-state index in [2.05, 4.69) is 0 Å². The maximum atomic E-state index is 13.4. The molecule has 1 aromatic rings. The summed E-state index contributed by atoms with van der Waals surface area (Å²) in [5.74, 6) is -0.522. The number of benzene rings is 1. The molecule has 82 valence electrons. The molecule has 1 fully saturated rings. The van der Waals surface area contributed by atoms with Crippen LogP contribution in [0.1, 0.15) is 37.1 Å². The molecule has 15 heavy (non-hydrogen) atoms. The van der Waals surface area contributed by atoms with Crippen molar-refractivity contribution in [3.63, 3.8) is 0 Å². The van der Waals surface area contributed by atoms with Crippen LogP contribution in [-0.2, 0) is 6.42 Å². The molecule has 0 radical (unpaired) electrons. The van der Waals surface area contributed by atoms with Gasteiger partial charge in [0.05, 0.1) is 5.60 Å². The minimum absolute atomic E-state index is 0.0952. The predicted octanol–water partition coefficient (Wildman–Crippen LogP) is 2.92. The highest BCUT2D eigenvalue weighted by Crippen LogP contribution is 2.40. The van der Waals surface area contributed by atoms with Crippen molar-refractivity contribution >= 4 is 0 Å². The molecule has 1 unspecified atom stereocenters. The van der Waals surface area contributed by atoms with Crippen LogP contribution in [0.4, 0.5) is 8.78 Å². The second kappa shape index (κ2) is 3.56. The predicted molar refractivity (Wildman–Crippen MR) is 53.8 cm³/mol. The molecular weight excluding hydrogens is 198 g/mol. The SMILES string of the molecule is CC(F)c1c(F)cccc1CC1(O)CC1. The zero-order valence-electron chi connectivity index (χ0n) is 8.63. The molecule has 1 aliphatic rings. The van der Waals surface area contributed by atoms with Crippen LogP contribution in [0.15, 0.2) is 18.2 Å². The highest BCUT2D eigenvalue weighted by Gasteiger charge is 2.41. The molecule has 0 saturated heterocycles. The second-order valence-corrected chi connectivity index (χ2v) is 4.33. The fourth-order valence-corrected chi connectivity index (χ4v) is 1.86. The van der Waals surface area contributed by atoms with E-state index in [-0.39, 0.29) is 5.56 Å². The molecule has 1 atom stereocenters. The number of aliphatic hydroxyl groups is 1. The van der Waals surface area contributed by atoms with Crippen LogP contribution in [0.5, 0.6) is 0 Å². The lowest BCUT2D eigenvalue weighted by molar-refractivity contribution is 0.150. The first-order chi connectivity index (χ1) is 7.02. The first kappa shape index (κ1) is 10.6. The molecule has 2 rings (SSSR count). The summed E-state index contributed by atoms with van der Waals surface area (Å²) in [6.45, 7) is 1.32. The Balaban J connectivity index is 2.32. The van der Waals surface area contributed by atoms with Gasteiger partial charge < -0.3 is 5.11 Å². The Bertz CT molecular complexity index is 370. The van der Waals surface area contributed by atoms with E-state index in [1.807, 2.05) is 0 Å². The van der Waals surface area contributed by atoms with Crippen LogP contribution in [-0.4, -0.2) is 10.7 Å². The summed E-state index contributed by atoms with van der Waals surface area (Å²) >= 11 is 0. The van der Waals surface area contributed by atoms with E-state index in [9.17, 15) is 13.9 Å². The van der Waals surface area contributed by atoms with Gasteiger partial charge in [-0.05, 0) is 31.4 Å². The van der Waals surface area contributed by atoms with Gasteiger partial charge in [0.2, 0.25) is 0 Å². The van der Waals surface area contributed by atoms with Gasteiger partial charge in [-0.25, -0.2) is 8.78 Å². The average Bonchev–Trinajstić information content (AvgIpc) is 2.82.